The Labute approximate surface area is 627 Å². The average molecular weight is 1480 g/mol. The van der Waals surface area contributed by atoms with Gasteiger partial charge < -0.3 is 53.5 Å². The number of carbonyl (C=O) groups excluding carboxylic acids is 6. The van der Waals surface area contributed by atoms with Crippen molar-refractivity contribution in [1.82, 2.24) is 10.2 Å². The van der Waals surface area contributed by atoms with Crippen molar-refractivity contribution in [2.24, 2.45) is 0 Å². The van der Waals surface area contributed by atoms with Gasteiger partial charge in [0.15, 0.2) is 12.4 Å². The van der Waals surface area contributed by atoms with Crippen LogP contribution in [0.15, 0.2) is 0 Å². The molecule has 2 aliphatic rings. The molecule has 0 aliphatic carbocycles. The van der Waals surface area contributed by atoms with Crippen molar-refractivity contribution in [3.63, 3.8) is 0 Å². The van der Waals surface area contributed by atoms with Gasteiger partial charge >= 0.3 is 31.7 Å². The van der Waals surface area contributed by atoms with Gasteiger partial charge in [-0.1, -0.05) is 311 Å². The first kappa shape index (κ1) is 95.9. The van der Waals surface area contributed by atoms with E-state index in [0.29, 0.717) is 64.3 Å². The molecule has 0 saturated carbocycles. The van der Waals surface area contributed by atoms with Crippen LogP contribution in [0.1, 0.15) is 420 Å². The summed E-state index contributed by atoms with van der Waals surface area (Å²) in [6.07, 6.45) is 43.7. The molecule has 0 aromatic heterocycles. The molecule has 604 valence electrons. The van der Waals surface area contributed by atoms with E-state index in [4.69, 9.17) is 32.9 Å². The number of ether oxygens (including phenoxy) is 6. The summed E-state index contributed by atoms with van der Waals surface area (Å²) in [4.78, 5) is 108. The van der Waals surface area contributed by atoms with Gasteiger partial charge in [0.25, 0.3) is 0 Å². The lowest BCUT2D eigenvalue weighted by Gasteiger charge is -2.45. The van der Waals surface area contributed by atoms with Crippen molar-refractivity contribution >= 4 is 43.5 Å². The highest BCUT2D eigenvalue weighted by Crippen LogP contribution is 2.43. The fourth-order valence-electron chi connectivity index (χ4n) is 14.5. The van der Waals surface area contributed by atoms with Gasteiger partial charge in [0.05, 0.1) is 38.5 Å². The van der Waals surface area contributed by atoms with E-state index < -0.39 is 99.7 Å². The van der Waals surface area contributed by atoms with Crippen molar-refractivity contribution in [3.8, 4) is 0 Å². The number of aliphatic hydroxyl groups excluding tert-OH is 1. The summed E-state index contributed by atoms with van der Waals surface area (Å²) in [6.45, 7) is 12.5. The Morgan fingerprint density at radius 1 is 0.437 bits per heavy atom. The fraction of sp³-hybridized carbons (Fsp3) is 0.928. The number of hydrogen-bond donors (Lipinski definition) is 4. The molecule has 2 amide bonds. The quantitative estimate of drug-likeness (QED) is 0.0191. The van der Waals surface area contributed by atoms with Crippen molar-refractivity contribution < 1.29 is 81.2 Å². The van der Waals surface area contributed by atoms with Gasteiger partial charge in [-0.3, -0.25) is 33.3 Å². The number of nitrogens with zero attached hydrogens (tertiary/aromatic N) is 1. The summed E-state index contributed by atoms with van der Waals surface area (Å²) < 4.78 is 56.2. The maximum atomic E-state index is 14.9. The van der Waals surface area contributed by atoms with Crippen LogP contribution in [0.4, 0.5) is 0 Å². The van der Waals surface area contributed by atoms with Gasteiger partial charge in [0.1, 0.15) is 36.6 Å². The van der Waals surface area contributed by atoms with E-state index in [2.05, 4.69) is 46.9 Å². The second kappa shape index (κ2) is 64.8. The van der Waals surface area contributed by atoms with E-state index >= 15 is 0 Å². The van der Waals surface area contributed by atoms with Gasteiger partial charge in [0.2, 0.25) is 11.8 Å². The number of amides is 2. The highest BCUT2D eigenvalue weighted by Gasteiger charge is 2.53. The van der Waals surface area contributed by atoms with Crippen LogP contribution in [0.5, 0.6) is 0 Å². The Morgan fingerprint density at radius 2 is 0.767 bits per heavy atom. The molecule has 2 rings (SSSR count). The SMILES string of the molecule is CCCCCCCCCCC[C@H](CC(=O)NC1[C@H](OC[C@@H]2CCCN2C(=O)C[C@@H](CCCCCCCCCCC)OC(=O)CCCCCCCCC)OC(CO)[C@H](OP(=O)(O)O)[C@@H]1OC(=O)C[C@@H](CCCCCCCCCCC)OC(=O)CCCCCCCCC)OC(=O)CCCCCCCCC. The van der Waals surface area contributed by atoms with Gasteiger partial charge in [-0.15, -0.1) is 0 Å². The average Bonchev–Trinajstić information content (AvgIpc) is 1.01. The summed E-state index contributed by atoms with van der Waals surface area (Å²) in [5, 5.41) is 14.0. The van der Waals surface area contributed by atoms with Crippen molar-refractivity contribution in [1.29, 1.82) is 0 Å². The minimum absolute atomic E-state index is 0.0146. The molecule has 20 heteroatoms. The standard InChI is InChI=1S/C83H155N2O17P/c1-7-13-19-25-31-34-40-43-49-57-70(97-76(89)60-52-46-37-28-22-16-10-4)64-74(87)84-80-82(101-79(92)66-72(59-51-45-42-36-33-27-21-15-9-3)99-78(91)62-54-48-39-30-24-18-12-6)81(102-103(93,94)95)73(67-86)100-83(80)96-68-69-56-55-63-85(69)75(88)65-71(58-50-44-41-35-32-26-20-14-8-2)98-77(90)61-53-47-38-29-23-17-11-5/h69-73,80-83,86H,7-68H2,1-6H3,(H,84,87)(H2,93,94,95)/t69-,70+,71+,72+,73?,80?,81-,82+,83+/m0/s1. The van der Waals surface area contributed by atoms with E-state index in [9.17, 15) is 48.2 Å². The monoisotopic (exact) mass is 1480 g/mol. The van der Waals surface area contributed by atoms with E-state index in [0.717, 1.165) is 167 Å². The van der Waals surface area contributed by atoms with Crippen molar-refractivity contribution in [2.75, 3.05) is 19.8 Å². The van der Waals surface area contributed by atoms with E-state index in [1.165, 1.54) is 116 Å². The number of nitrogens with one attached hydrogen (secondary N) is 1. The predicted octanol–water partition coefficient (Wildman–Crippen LogP) is 20.7. The summed E-state index contributed by atoms with van der Waals surface area (Å²) in [5.41, 5.74) is 0. The maximum Gasteiger partial charge on any atom is 0.470 e. The van der Waals surface area contributed by atoms with Crippen molar-refractivity contribution in [3.05, 3.63) is 0 Å². The Morgan fingerprint density at radius 3 is 1.12 bits per heavy atom. The van der Waals surface area contributed by atoms with Gasteiger partial charge in [0, 0.05) is 25.8 Å². The van der Waals surface area contributed by atoms with E-state index in [1.807, 2.05) is 0 Å². The molecule has 2 heterocycles. The normalized spacial score (nSPS) is 18.6. The Balaban J connectivity index is 2.62. The number of unbranched alkanes of at least 4 members (excludes halogenated alkanes) is 42. The first-order valence-electron chi connectivity index (χ1n) is 43.0. The van der Waals surface area contributed by atoms with Crippen LogP contribution in [-0.4, -0.2) is 130 Å². The number of rotatable bonds is 71. The summed E-state index contributed by atoms with van der Waals surface area (Å²) in [5.74, 6) is -2.94. The minimum atomic E-state index is -5.47. The third-order valence-corrected chi connectivity index (χ3v) is 21.3. The van der Waals surface area contributed by atoms with E-state index in [-0.39, 0.29) is 50.6 Å². The molecule has 2 fully saturated rings. The van der Waals surface area contributed by atoms with Crippen LogP contribution >= 0.6 is 7.82 Å². The molecule has 0 bridgehead atoms. The molecule has 103 heavy (non-hydrogen) atoms. The Bertz CT molecular complexity index is 2150. The molecule has 2 unspecified atom stereocenters. The molecule has 0 radical (unpaired) electrons. The lowest BCUT2D eigenvalue weighted by Crippen LogP contribution is -2.66. The molecular formula is C83H155N2O17P. The molecule has 2 saturated heterocycles. The first-order chi connectivity index (χ1) is 50.0. The molecule has 0 aromatic carbocycles. The number of carbonyl (C=O) groups is 6. The second-order valence-electron chi connectivity index (χ2n) is 30.5. The Kier molecular flexibility index (Phi) is 60.3. The second-order valence-corrected chi connectivity index (χ2v) is 31.7. The topological polar surface area (TPSA) is 260 Å². The van der Waals surface area contributed by atoms with Crippen LogP contribution in [-0.2, 0) is 66.3 Å². The number of phosphoric acid groups is 1. The molecule has 9 atom stereocenters. The molecule has 19 nitrogen and oxygen atoms in total. The van der Waals surface area contributed by atoms with Crippen LogP contribution in [0.3, 0.4) is 0 Å². The number of hydrogen-bond acceptors (Lipinski definition) is 15. The van der Waals surface area contributed by atoms with Crippen LogP contribution < -0.4 is 5.32 Å². The third-order valence-electron chi connectivity index (χ3n) is 20.8. The summed E-state index contributed by atoms with van der Waals surface area (Å²) >= 11 is 0. The van der Waals surface area contributed by atoms with Gasteiger partial charge in [-0.25, -0.2) is 4.57 Å². The number of likely N-dealkylation sites (tertiary alicyclic amines) is 1. The summed E-state index contributed by atoms with van der Waals surface area (Å²) in [7, 11) is -5.47. The largest absolute Gasteiger partial charge is 0.470 e. The lowest BCUT2D eigenvalue weighted by atomic mass is 9.95. The first-order valence-corrected chi connectivity index (χ1v) is 44.5. The zero-order valence-electron chi connectivity index (χ0n) is 66.5. The highest BCUT2D eigenvalue weighted by atomic mass is 31.2. The molecule has 4 N–H and O–H groups in total. The fourth-order valence-corrected chi connectivity index (χ4v) is 15.1. The lowest BCUT2D eigenvalue weighted by molar-refractivity contribution is -0.273. The van der Waals surface area contributed by atoms with E-state index in [1.54, 1.807) is 4.90 Å². The summed E-state index contributed by atoms with van der Waals surface area (Å²) in [6, 6.07) is -2.10. The van der Waals surface area contributed by atoms with Crippen LogP contribution in [0.2, 0.25) is 0 Å². The van der Waals surface area contributed by atoms with Crippen LogP contribution in [0, 0.1) is 0 Å². The Hall–Kier alpha value is -3.19. The third kappa shape index (κ3) is 51.0. The zero-order chi connectivity index (χ0) is 75.2. The number of esters is 4. The van der Waals surface area contributed by atoms with Crippen LogP contribution in [0.25, 0.3) is 0 Å². The number of aliphatic hydroxyl groups is 1. The maximum absolute atomic E-state index is 14.9. The number of phosphoric ester groups is 1. The van der Waals surface area contributed by atoms with Gasteiger partial charge in [-0.05, 0) is 70.6 Å². The van der Waals surface area contributed by atoms with Crippen molar-refractivity contribution in [2.45, 2.75) is 475 Å². The predicted molar refractivity (Wildman–Crippen MR) is 412 cm³/mol. The highest BCUT2D eigenvalue weighted by molar-refractivity contribution is 7.46. The van der Waals surface area contributed by atoms with Gasteiger partial charge in [-0.2, -0.15) is 0 Å². The smallest absolute Gasteiger partial charge is 0.462 e. The minimum Gasteiger partial charge on any atom is -0.462 e. The molecule has 0 spiro atoms. The molecule has 0 aromatic rings. The molecular weight excluding hydrogens is 1330 g/mol. The zero-order valence-corrected chi connectivity index (χ0v) is 67.4. The molecule has 2 aliphatic heterocycles.